The molecule has 0 aliphatic carbocycles. The van der Waals surface area contributed by atoms with Crippen LogP contribution >= 0.6 is 0 Å². The van der Waals surface area contributed by atoms with Crippen molar-refractivity contribution in [2.45, 2.75) is 39.4 Å². The molecule has 0 aromatic heterocycles. The Bertz CT molecular complexity index is 617. The molecule has 2 unspecified atom stereocenters. The van der Waals surface area contributed by atoms with Gasteiger partial charge in [-0.3, -0.25) is 4.90 Å². The van der Waals surface area contributed by atoms with Gasteiger partial charge in [-0.25, -0.2) is 4.79 Å². The maximum Gasteiger partial charge on any atom is 0.338 e. The highest BCUT2D eigenvalue weighted by Crippen LogP contribution is 2.32. The number of fused-ring (bicyclic) bond motifs is 1. The van der Waals surface area contributed by atoms with Crippen LogP contribution in [0, 0.1) is 12.3 Å². The first-order chi connectivity index (χ1) is 10.9. The summed E-state index contributed by atoms with van der Waals surface area (Å²) in [7, 11) is 0. The molecule has 3 rings (SSSR count). The zero-order chi connectivity index (χ0) is 16.6. The molecule has 0 saturated carbocycles. The lowest BCUT2D eigenvalue weighted by atomic mass is 9.82. The summed E-state index contributed by atoms with van der Waals surface area (Å²) < 4.78 is 5.09. The van der Waals surface area contributed by atoms with Gasteiger partial charge in [-0.1, -0.05) is 13.0 Å². The second-order valence-corrected chi connectivity index (χ2v) is 7.25. The average Bonchev–Trinajstić information content (AvgIpc) is 2.90. The molecular formula is C18H26N2O3. The van der Waals surface area contributed by atoms with Gasteiger partial charge in [-0.05, 0) is 55.5 Å². The quantitative estimate of drug-likeness (QED) is 0.827. The predicted molar refractivity (Wildman–Crippen MR) is 88.1 cm³/mol. The summed E-state index contributed by atoms with van der Waals surface area (Å²) in [4.78, 5) is 13.9. The molecule has 1 fully saturated rings. The summed E-state index contributed by atoms with van der Waals surface area (Å²) in [6.45, 7) is 7.69. The number of cyclic esters (lactones) is 1. The highest BCUT2D eigenvalue weighted by atomic mass is 16.5. The van der Waals surface area contributed by atoms with E-state index in [1.54, 1.807) is 6.07 Å². The molecule has 2 aliphatic rings. The van der Waals surface area contributed by atoms with E-state index in [0.29, 0.717) is 25.3 Å². The number of esters is 1. The number of hydrogen-bond acceptors (Lipinski definition) is 5. The van der Waals surface area contributed by atoms with E-state index >= 15 is 0 Å². The van der Waals surface area contributed by atoms with E-state index in [4.69, 9.17) is 10.5 Å². The zero-order valence-electron chi connectivity index (χ0n) is 14.0. The summed E-state index contributed by atoms with van der Waals surface area (Å²) in [5, 5.41) is 10.7. The van der Waals surface area contributed by atoms with Crippen LogP contribution in [0.4, 0.5) is 0 Å². The summed E-state index contributed by atoms with van der Waals surface area (Å²) in [6, 6.07) is 3.63. The number of likely N-dealkylation sites (tertiary alicyclic amines) is 1. The van der Waals surface area contributed by atoms with Gasteiger partial charge in [0.1, 0.15) is 6.61 Å². The number of ether oxygens (including phenoxy) is 1. The van der Waals surface area contributed by atoms with E-state index in [1.165, 1.54) is 0 Å². The molecule has 1 aromatic carbocycles. The van der Waals surface area contributed by atoms with E-state index in [-0.39, 0.29) is 11.4 Å². The molecule has 1 aromatic rings. The first-order valence-corrected chi connectivity index (χ1v) is 8.33. The van der Waals surface area contributed by atoms with Crippen molar-refractivity contribution in [1.82, 2.24) is 4.90 Å². The van der Waals surface area contributed by atoms with Crippen molar-refractivity contribution in [3.8, 4) is 0 Å². The maximum absolute atomic E-state index is 11.6. The van der Waals surface area contributed by atoms with E-state index in [0.717, 1.165) is 42.6 Å². The Hall–Kier alpha value is -1.43. The molecule has 5 heteroatoms. The Kier molecular flexibility index (Phi) is 4.45. The lowest BCUT2D eigenvalue weighted by Gasteiger charge is -2.40. The van der Waals surface area contributed by atoms with Gasteiger partial charge in [-0.2, -0.15) is 0 Å². The molecule has 0 bridgehead atoms. The average molecular weight is 318 g/mol. The molecule has 23 heavy (non-hydrogen) atoms. The number of benzene rings is 1. The lowest BCUT2D eigenvalue weighted by molar-refractivity contribution is 0.0535. The minimum atomic E-state index is -0.559. The first kappa shape index (κ1) is 16.4. The Morgan fingerprint density at radius 2 is 2.26 bits per heavy atom. The van der Waals surface area contributed by atoms with E-state index < -0.39 is 6.10 Å². The van der Waals surface area contributed by atoms with Crippen molar-refractivity contribution >= 4 is 5.97 Å². The lowest BCUT2D eigenvalue weighted by Crippen LogP contribution is -2.46. The molecule has 1 saturated heterocycles. The zero-order valence-corrected chi connectivity index (χ0v) is 14.0. The molecule has 3 N–H and O–H groups in total. The molecule has 0 radical (unpaired) electrons. The van der Waals surface area contributed by atoms with E-state index in [1.807, 2.05) is 13.0 Å². The molecule has 2 atom stereocenters. The summed E-state index contributed by atoms with van der Waals surface area (Å²) in [5.74, 6) is -0.265. The molecule has 5 nitrogen and oxygen atoms in total. The van der Waals surface area contributed by atoms with Gasteiger partial charge in [-0.15, -0.1) is 0 Å². The van der Waals surface area contributed by atoms with Crippen LogP contribution in [0.25, 0.3) is 0 Å². The second-order valence-electron chi connectivity index (χ2n) is 7.25. The van der Waals surface area contributed by atoms with Crippen LogP contribution in [0.5, 0.6) is 0 Å². The maximum atomic E-state index is 11.6. The number of hydrogen-bond donors (Lipinski definition) is 2. The normalized spacial score (nSPS) is 26.0. The monoisotopic (exact) mass is 318 g/mol. The van der Waals surface area contributed by atoms with Crippen molar-refractivity contribution in [3.63, 3.8) is 0 Å². The van der Waals surface area contributed by atoms with Crippen LogP contribution in [0.1, 0.15) is 52.9 Å². The highest BCUT2D eigenvalue weighted by Gasteiger charge is 2.31. The van der Waals surface area contributed by atoms with Crippen LogP contribution < -0.4 is 5.73 Å². The smallest absolute Gasteiger partial charge is 0.338 e. The number of nitrogens with zero attached hydrogens (tertiary/aromatic N) is 1. The largest absolute Gasteiger partial charge is 0.457 e. The Labute approximate surface area is 137 Å². The van der Waals surface area contributed by atoms with Crippen LogP contribution in [-0.4, -0.2) is 42.2 Å². The van der Waals surface area contributed by atoms with Gasteiger partial charge < -0.3 is 15.6 Å². The standard InChI is InChI=1S/C18H26N2O3/c1-12-13(4-5-14-15(12)9-23-17(14)22)16(21)8-20-7-3-6-18(2,10-19)11-20/h4-5,16,21H,3,6-11,19H2,1-2H3. The van der Waals surface area contributed by atoms with Crippen LogP contribution in [0.3, 0.4) is 0 Å². The fourth-order valence-electron chi connectivity index (χ4n) is 3.82. The fraction of sp³-hybridized carbons (Fsp3) is 0.611. The molecule has 2 aliphatic heterocycles. The number of nitrogens with two attached hydrogens (primary N) is 1. The van der Waals surface area contributed by atoms with Crippen molar-refractivity contribution < 1.29 is 14.6 Å². The Morgan fingerprint density at radius 3 is 3.00 bits per heavy atom. The Balaban J connectivity index is 1.74. The summed E-state index contributed by atoms with van der Waals surface area (Å²) in [6.07, 6.45) is 1.70. The minimum Gasteiger partial charge on any atom is -0.457 e. The first-order valence-electron chi connectivity index (χ1n) is 8.33. The number of piperidine rings is 1. The molecule has 2 heterocycles. The van der Waals surface area contributed by atoms with Crippen molar-refractivity contribution in [1.29, 1.82) is 0 Å². The van der Waals surface area contributed by atoms with E-state index in [2.05, 4.69) is 11.8 Å². The van der Waals surface area contributed by atoms with Crippen molar-refractivity contribution in [2.24, 2.45) is 11.1 Å². The SMILES string of the molecule is Cc1c(C(O)CN2CCCC(C)(CN)C2)ccc2c1COC2=O. The summed E-state index contributed by atoms with van der Waals surface area (Å²) >= 11 is 0. The number of β-amino-alcohol motifs (C(OH)–C–C–N with tert-alkyl or cyclic N) is 1. The molecule has 0 spiro atoms. The molecular weight excluding hydrogens is 292 g/mol. The van der Waals surface area contributed by atoms with Gasteiger partial charge in [0.2, 0.25) is 0 Å². The third kappa shape index (κ3) is 3.13. The number of carbonyl (C=O) groups is 1. The van der Waals surface area contributed by atoms with Crippen molar-refractivity contribution in [2.75, 3.05) is 26.2 Å². The van der Waals surface area contributed by atoms with Gasteiger partial charge >= 0.3 is 5.97 Å². The van der Waals surface area contributed by atoms with Crippen LogP contribution in [0.2, 0.25) is 0 Å². The second kappa shape index (κ2) is 6.23. The van der Waals surface area contributed by atoms with E-state index in [9.17, 15) is 9.90 Å². The third-order valence-corrected chi connectivity index (χ3v) is 5.35. The minimum absolute atomic E-state index is 0.144. The molecule has 0 amide bonds. The van der Waals surface area contributed by atoms with Gasteiger partial charge in [0.05, 0.1) is 11.7 Å². The Morgan fingerprint density at radius 1 is 1.48 bits per heavy atom. The predicted octanol–water partition coefficient (Wildman–Crippen LogP) is 1.76. The van der Waals surface area contributed by atoms with Gasteiger partial charge in [0.15, 0.2) is 0 Å². The van der Waals surface area contributed by atoms with Crippen molar-refractivity contribution in [3.05, 3.63) is 34.4 Å². The summed E-state index contributed by atoms with van der Waals surface area (Å²) in [5.41, 5.74) is 9.46. The number of aliphatic hydroxyl groups excluding tert-OH is 1. The highest BCUT2D eigenvalue weighted by molar-refractivity contribution is 5.93. The number of aliphatic hydroxyl groups is 1. The van der Waals surface area contributed by atoms with Gasteiger partial charge in [0, 0.05) is 18.7 Å². The van der Waals surface area contributed by atoms with Gasteiger partial charge in [0.25, 0.3) is 0 Å². The number of rotatable bonds is 4. The topological polar surface area (TPSA) is 75.8 Å². The van der Waals surface area contributed by atoms with Crippen LogP contribution in [0.15, 0.2) is 12.1 Å². The van der Waals surface area contributed by atoms with Crippen LogP contribution in [-0.2, 0) is 11.3 Å². The third-order valence-electron chi connectivity index (χ3n) is 5.35. The number of carbonyl (C=O) groups excluding carboxylic acids is 1. The molecule has 126 valence electrons. The fourth-order valence-corrected chi connectivity index (χ4v) is 3.82.